The van der Waals surface area contributed by atoms with Crippen molar-refractivity contribution in [1.82, 2.24) is 5.32 Å². The van der Waals surface area contributed by atoms with E-state index < -0.39 is 0 Å². The molecule has 1 aromatic rings. The van der Waals surface area contributed by atoms with E-state index in [-0.39, 0.29) is 5.91 Å². The van der Waals surface area contributed by atoms with Crippen molar-refractivity contribution in [2.75, 3.05) is 20.3 Å². The second-order valence-corrected chi connectivity index (χ2v) is 3.58. The summed E-state index contributed by atoms with van der Waals surface area (Å²) in [5, 5.41) is 3.29. The Labute approximate surface area is 95.8 Å². The number of benzene rings is 1. The average molecular weight is 222 g/mol. The number of hydrogen-bond donors (Lipinski definition) is 2. The zero-order chi connectivity index (χ0) is 11.8. The van der Waals surface area contributed by atoms with Crippen LogP contribution in [-0.2, 0) is 11.3 Å². The van der Waals surface area contributed by atoms with Crippen LogP contribution in [0, 0.1) is 0 Å². The maximum absolute atomic E-state index is 10.8. The van der Waals surface area contributed by atoms with Gasteiger partial charge in [0, 0.05) is 25.8 Å². The van der Waals surface area contributed by atoms with Crippen molar-refractivity contribution in [3.8, 4) is 0 Å². The summed E-state index contributed by atoms with van der Waals surface area (Å²) >= 11 is 0. The lowest BCUT2D eigenvalue weighted by molar-refractivity contribution is 0.100. The van der Waals surface area contributed by atoms with Crippen LogP contribution in [0.25, 0.3) is 0 Å². The van der Waals surface area contributed by atoms with Gasteiger partial charge >= 0.3 is 0 Å². The van der Waals surface area contributed by atoms with Crippen molar-refractivity contribution in [3.63, 3.8) is 0 Å². The van der Waals surface area contributed by atoms with E-state index in [1.807, 2.05) is 12.1 Å². The van der Waals surface area contributed by atoms with Gasteiger partial charge in [-0.2, -0.15) is 0 Å². The second kappa shape index (κ2) is 6.98. The van der Waals surface area contributed by atoms with Crippen LogP contribution in [0.5, 0.6) is 0 Å². The molecule has 0 fully saturated rings. The number of nitrogens with two attached hydrogens (primary N) is 1. The minimum atomic E-state index is -0.389. The van der Waals surface area contributed by atoms with Gasteiger partial charge in [-0.25, -0.2) is 0 Å². The highest BCUT2D eigenvalue weighted by Crippen LogP contribution is 2.03. The number of methoxy groups -OCH3 is 1. The molecule has 0 saturated heterocycles. The van der Waals surface area contributed by atoms with E-state index in [0.717, 1.165) is 31.7 Å². The van der Waals surface area contributed by atoms with Gasteiger partial charge < -0.3 is 15.8 Å². The number of primary amides is 1. The number of hydrogen-bond acceptors (Lipinski definition) is 3. The molecule has 0 aromatic heterocycles. The third-order valence-corrected chi connectivity index (χ3v) is 2.27. The van der Waals surface area contributed by atoms with Crippen molar-refractivity contribution in [2.45, 2.75) is 13.0 Å². The first-order valence-electron chi connectivity index (χ1n) is 5.32. The molecular weight excluding hydrogens is 204 g/mol. The van der Waals surface area contributed by atoms with Gasteiger partial charge in [0.15, 0.2) is 0 Å². The van der Waals surface area contributed by atoms with Gasteiger partial charge in [-0.15, -0.1) is 0 Å². The van der Waals surface area contributed by atoms with Crippen molar-refractivity contribution in [3.05, 3.63) is 35.4 Å². The minimum Gasteiger partial charge on any atom is -0.385 e. The Morgan fingerprint density at radius 2 is 2.06 bits per heavy atom. The summed E-state index contributed by atoms with van der Waals surface area (Å²) < 4.78 is 4.94. The van der Waals surface area contributed by atoms with Crippen LogP contribution in [0.2, 0.25) is 0 Å². The average Bonchev–Trinajstić information content (AvgIpc) is 2.29. The van der Waals surface area contributed by atoms with E-state index in [1.165, 1.54) is 0 Å². The molecule has 3 N–H and O–H groups in total. The number of ether oxygens (including phenoxy) is 1. The molecule has 4 nitrogen and oxygen atoms in total. The van der Waals surface area contributed by atoms with Crippen LogP contribution >= 0.6 is 0 Å². The molecule has 0 atom stereocenters. The van der Waals surface area contributed by atoms with E-state index in [9.17, 15) is 4.79 Å². The van der Waals surface area contributed by atoms with Gasteiger partial charge in [-0.1, -0.05) is 12.1 Å². The third-order valence-electron chi connectivity index (χ3n) is 2.27. The first-order chi connectivity index (χ1) is 7.74. The molecule has 1 amide bonds. The Balaban J connectivity index is 2.29. The zero-order valence-electron chi connectivity index (χ0n) is 9.53. The molecule has 16 heavy (non-hydrogen) atoms. The largest absolute Gasteiger partial charge is 0.385 e. The van der Waals surface area contributed by atoms with Gasteiger partial charge in [-0.05, 0) is 30.7 Å². The van der Waals surface area contributed by atoms with Crippen molar-refractivity contribution in [2.24, 2.45) is 5.73 Å². The fourth-order valence-electron chi connectivity index (χ4n) is 1.36. The van der Waals surface area contributed by atoms with Crippen LogP contribution in [0.15, 0.2) is 24.3 Å². The molecule has 0 bridgehead atoms. The molecule has 0 heterocycles. The van der Waals surface area contributed by atoms with Crippen LogP contribution in [0.3, 0.4) is 0 Å². The topological polar surface area (TPSA) is 64.3 Å². The molecule has 0 radical (unpaired) electrons. The van der Waals surface area contributed by atoms with E-state index in [0.29, 0.717) is 5.56 Å². The van der Waals surface area contributed by atoms with Crippen LogP contribution in [0.4, 0.5) is 0 Å². The summed E-state index contributed by atoms with van der Waals surface area (Å²) in [4.78, 5) is 10.8. The number of amides is 1. The molecule has 0 saturated carbocycles. The lowest BCUT2D eigenvalue weighted by Crippen LogP contribution is -2.16. The Hall–Kier alpha value is -1.39. The lowest BCUT2D eigenvalue weighted by Gasteiger charge is -2.05. The van der Waals surface area contributed by atoms with E-state index >= 15 is 0 Å². The molecule has 0 spiro atoms. The van der Waals surface area contributed by atoms with Crippen LogP contribution in [-0.4, -0.2) is 26.2 Å². The van der Waals surface area contributed by atoms with Crippen LogP contribution in [0.1, 0.15) is 22.3 Å². The molecule has 0 unspecified atom stereocenters. The molecule has 1 rings (SSSR count). The maximum atomic E-state index is 10.8. The highest BCUT2D eigenvalue weighted by Gasteiger charge is 1.99. The Morgan fingerprint density at radius 1 is 1.38 bits per heavy atom. The fourth-order valence-corrected chi connectivity index (χ4v) is 1.36. The van der Waals surface area contributed by atoms with Crippen molar-refractivity contribution >= 4 is 5.91 Å². The third kappa shape index (κ3) is 4.42. The minimum absolute atomic E-state index is 0.389. The predicted octanol–water partition coefficient (Wildman–Crippen LogP) is 0.912. The number of carbonyl (C=O) groups is 1. The standard InChI is InChI=1S/C12H18N2O2/c1-16-8-2-7-14-9-10-3-5-11(6-4-10)12(13)15/h3-6,14H,2,7-9H2,1H3,(H2,13,15). The number of nitrogens with one attached hydrogen (secondary N) is 1. The van der Waals surface area contributed by atoms with Crippen molar-refractivity contribution in [1.29, 1.82) is 0 Å². The molecule has 0 aliphatic carbocycles. The van der Waals surface area contributed by atoms with E-state index in [4.69, 9.17) is 10.5 Å². The zero-order valence-corrected chi connectivity index (χ0v) is 9.53. The van der Waals surface area contributed by atoms with Gasteiger partial charge in [0.1, 0.15) is 0 Å². The monoisotopic (exact) mass is 222 g/mol. The Morgan fingerprint density at radius 3 is 2.62 bits per heavy atom. The van der Waals surface area contributed by atoms with Crippen molar-refractivity contribution < 1.29 is 9.53 Å². The molecular formula is C12H18N2O2. The fraction of sp³-hybridized carbons (Fsp3) is 0.417. The number of carbonyl (C=O) groups excluding carboxylic acids is 1. The van der Waals surface area contributed by atoms with Gasteiger partial charge in [0.05, 0.1) is 0 Å². The summed E-state index contributed by atoms with van der Waals surface area (Å²) in [6.07, 6.45) is 0.996. The molecule has 88 valence electrons. The molecule has 1 aromatic carbocycles. The SMILES string of the molecule is COCCCNCc1ccc(C(N)=O)cc1. The molecule has 0 aliphatic heterocycles. The summed E-state index contributed by atoms with van der Waals surface area (Å²) in [5.41, 5.74) is 6.84. The van der Waals surface area contributed by atoms with E-state index in [1.54, 1.807) is 19.2 Å². The number of rotatable bonds is 7. The summed E-state index contributed by atoms with van der Waals surface area (Å²) in [5.74, 6) is -0.389. The van der Waals surface area contributed by atoms with E-state index in [2.05, 4.69) is 5.32 Å². The van der Waals surface area contributed by atoms with Gasteiger partial charge in [0.2, 0.25) is 5.91 Å². The molecule has 4 heteroatoms. The Bertz CT molecular complexity index is 322. The molecule has 0 aliphatic rings. The van der Waals surface area contributed by atoms with Crippen LogP contribution < -0.4 is 11.1 Å². The van der Waals surface area contributed by atoms with Gasteiger partial charge in [0.25, 0.3) is 0 Å². The summed E-state index contributed by atoms with van der Waals surface area (Å²) in [6.45, 7) is 2.49. The normalized spacial score (nSPS) is 10.3. The second-order valence-electron chi connectivity index (χ2n) is 3.58. The first-order valence-corrected chi connectivity index (χ1v) is 5.32. The first kappa shape index (κ1) is 12.7. The summed E-state index contributed by atoms with van der Waals surface area (Å²) in [6, 6.07) is 7.30. The highest BCUT2D eigenvalue weighted by molar-refractivity contribution is 5.92. The van der Waals surface area contributed by atoms with Gasteiger partial charge in [-0.3, -0.25) is 4.79 Å². The lowest BCUT2D eigenvalue weighted by atomic mass is 10.1. The Kier molecular flexibility index (Phi) is 5.53. The predicted molar refractivity (Wildman–Crippen MR) is 63.2 cm³/mol. The highest BCUT2D eigenvalue weighted by atomic mass is 16.5. The smallest absolute Gasteiger partial charge is 0.248 e. The maximum Gasteiger partial charge on any atom is 0.248 e. The quantitative estimate of drug-likeness (QED) is 0.674. The summed E-state index contributed by atoms with van der Waals surface area (Å²) in [7, 11) is 1.70.